The fourth-order valence-electron chi connectivity index (χ4n) is 7.36. The van der Waals surface area contributed by atoms with Crippen molar-refractivity contribution in [2.75, 3.05) is 13.2 Å². The fraction of sp³-hybridized carbons (Fsp3) is 0.410. The summed E-state index contributed by atoms with van der Waals surface area (Å²) in [6, 6.07) is 31.4. The summed E-state index contributed by atoms with van der Waals surface area (Å²) in [4.78, 5) is 0. The standard InChI is InChI=1S/C11H13ClO2.C10H13Cl.4C10H13F/c1-7(2)8-3-4-9-11(10(8)12)14-6-5-13-9;1-7(2)9-6-4-5-8(3)10(9)11;1-7(2)9-6-8(3)4-5-10(9)11;1-7(2)9-5-4-8(3)6-10(9)11;1-7(2)10-8(3)5-4-6-9(10)11;1-7(2)9-6-4-5-8(3)10(9)11/h3-4,7H,5-6H2,1-2H3;5*4-7H,1-3H3. The summed E-state index contributed by atoms with van der Waals surface area (Å²) in [5.41, 5.74) is 10.6. The van der Waals surface area contributed by atoms with E-state index in [1.54, 1.807) is 31.2 Å². The van der Waals surface area contributed by atoms with E-state index >= 15 is 0 Å². The lowest BCUT2D eigenvalue weighted by Gasteiger charge is -2.21. The lowest BCUT2D eigenvalue weighted by atomic mass is 9.98. The average molecular weight is 990 g/mol. The van der Waals surface area contributed by atoms with Gasteiger partial charge in [0.2, 0.25) is 0 Å². The van der Waals surface area contributed by atoms with Gasteiger partial charge in [-0.1, -0.05) is 191 Å². The van der Waals surface area contributed by atoms with Crippen molar-refractivity contribution in [3.05, 3.63) is 198 Å². The molecule has 0 unspecified atom stereocenters. The van der Waals surface area contributed by atoms with Gasteiger partial charge in [-0.2, -0.15) is 0 Å². The van der Waals surface area contributed by atoms with Crippen molar-refractivity contribution in [1.82, 2.24) is 0 Å². The van der Waals surface area contributed by atoms with Crippen molar-refractivity contribution in [2.45, 2.75) is 153 Å². The molecule has 376 valence electrons. The van der Waals surface area contributed by atoms with Crippen LogP contribution in [0.1, 0.15) is 180 Å². The second-order valence-electron chi connectivity index (χ2n) is 19.4. The van der Waals surface area contributed by atoms with Crippen molar-refractivity contribution < 1.29 is 27.0 Å². The molecule has 0 aliphatic carbocycles. The maximum absolute atomic E-state index is 13.3. The zero-order valence-electron chi connectivity index (χ0n) is 44.3. The van der Waals surface area contributed by atoms with E-state index in [1.807, 2.05) is 138 Å². The van der Waals surface area contributed by atoms with Crippen LogP contribution in [0.25, 0.3) is 0 Å². The van der Waals surface area contributed by atoms with Gasteiger partial charge in [0.25, 0.3) is 0 Å². The molecule has 1 heterocycles. The molecule has 8 heteroatoms. The third kappa shape index (κ3) is 19.2. The molecule has 0 saturated heterocycles. The van der Waals surface area contributed by atoms with Crippen LogP contribution in [-0.2, 0) is 0 Å². The normalized spacial score (nSPS) is 11.4. The highest BCUT2D eigenvalue weighted by molar-refractivity contribution is 6.33. The molecule has 1 aliphatic rings. The van der Waals surface area contributed by atoms with Crippen LogP contribution in [0.15, 0.2) is 103 Å². The third-order valence-corrected chi connectivity index (χ3v) is 12.3. The van der Waals surface area contributed by atoms with Gasteiger partial charge in [-0.15, -0.1) is 0 Å². The number of rotatable bonds is 6. The van der Waals surface area contributed by atoms with Gasteiger partial charge in [0.15, 0.2) is 11.5 Å². The molecule has 0 spiro atoms. The van der Waals surface area contributed by atoms with Gasteiger partial charge in [0.1, 0.15) is 36.5 Å². The van der Waals surface area contributed by atoms with Crippen LogP contribution < -0.4 is 9.47 Å². The summed E-state index contributed by atoms with van der Waals surface area (Å²) in [6.07, 6.45) is 0. The first-order chi connectivity index (χ1) is 32.3. The second-order valence-corrected chi connectivity index (χ2v) is 20.2. The van der Waals surface area contributed by atoms with E-state index < -0.39 is 0 Å². The van der Waals surface area contributed by atoms with Gasteiger partial charge in [-0.25, -0.2) is 17.6 Å². The molecule has 0 bridgehead atoms. The van der Waals surface area contributed by atoms with Gasteiger partial charge < -0.3 is 9.47 Å². The van der Waals surface area contributed by atoms with E-state index in [-0.39, 0.29) is 46.9 Å². The Morgan fingerprint density at radius 2 is 0.855 bits per heavy atom. The number of halogens is 6. The van der Waals surface area contributed by atoms with E-state index in [9.17, 15) is 17.6 Å². The van der Waals surface area contributed by atoms with Crippen LogP contribution in [0.4, 0.5) is 17.6 Å². The minimum absolute atomic E-state index is 0.0532. The van der Waals surface area contributed by atoms with Crippen LogP contribution in [0.5, 0.6) is 11.5 Å². The molecule has 0 aromatic heterocycles. The third-order valence-electron chi connectivity index (χ3n) is 11.4. The molecule has 6 aromatic carbocycles. The van der Waals surface area contributed by atoms with E-state index in [4.69, 9.17) is 32.7 Å². The van der Waals surface area contributed by atoms with E-state index in [1.165, 1.54) is 17.7 Å². The van der Waals surface area contributed by atoms with Crippen molar-refractivity contribution >= 4 is 23.2 Å². The molecule has 1 aliphatic heterocycles. The summed E-state index contributed by atoms with van der Waals surface area (Å²) >= 11 is 12.3. The molecule has 0 N–H and O–H groups in total. The van der Waals surface area contributed by atoms with Crippen LogP contribution in [0.2, 0.25) is 10.0 Å². The maximum Gasteiger partial charge on any atom is 0.180 e. The van der Waals surface area contributed by atoms with Crippen LogP contribution in [0.3, 0.4) is 0 Å². The van der Waals surface area contributed by atoms with Gasteiger partial charge in [0.05, 0.1) is 5.02 Å². The largest absolute Gasteiger partial charge is 0.486 e. The van der Waals surface area contributed by atoms with Crippen LogP contribution in [-0.4, -0.2) is 13.2 Å². The molecule has 0 radical (unpaired) electrons. The topological polar surface area (TPSA) is 18.5 Å². The van der Waals surface area contributed by atoms with Gasteiger partial charge in [0, 0.05) is 5.02 Å². The predicted octanol–water partition coefficient (Wildman–Crippen LogP) is 20.0. The Kier molecular flexibility index (Phi) is 25.7. The zero-order valence-corrected chi connectivity index (χ0v) is 45.8. The minimum atomic E-state index is -0.0920. The molecule has 7 rings (SSSR count). The molecule has 0 amide bonds. The predicted molar refractivity (Wildman–Crippen MR) is 288 cm³/mol. The summed E-state index contributed by atoms with van der Waals surface area (Å²) in [5.74, 6) is 3.15. The Morgan fingerprint density at radius 1 is 0.391 bits per heavy atom. The first kappa shape index (κ1) is 60.3. The number of hydrogen-bond acceptors (Lipinski definition) is 2. The number of ether oxygens (including phenoxy) is 2. The fourth-order valence-corrected chi connectivity index (χ4v) is 8.13. The Bertz CT molecular complexity index is 2420. The van der Waals surface area contributed by atoms with Gasteiger partial charge in [-0.05, 0) is 150 Å². The Morgan fingerprint density at radius 3 is 1.33 bits per heavy atom. The van der Waals surface area contributed by atoms with Crippen molar-refractivity contribution in [3.8, 4) is 11.5 Å². The monoisotopic (exact) mass is 989 g/mol. The Hall–Kier alpha value is -4.78. The maximum atomic E-state index is 13.3. The molecular formula is C61H78Cl2F4O2. The molecular weight excluding hydrogens is 912 g/mol. The van der Waals surface area contributed by atoms with Crippen molar-refractivity contribution in [1.29, 1.82) is 0 Å². The lowest BCUT2D eigenvalue weighted by Crippen LogP contribution is -2.16. The second kappa shape index (κ2) is 29.4. The van der Waals surface area contributed by atoms with E-state index in [0.717, 1.165) is 66.4 Å². The summed E-state index contributed by atoms with van der Waals surface area (Å²) in [7, 11) is 0. The van der Waals surface area contributed by atoms with Crippen LogP contribution in [0, 0.1) is 57.9 Å². The first-order valence-corrected chi connectivity index (χ1v) is 24.9. The van der Waals surface area contributed by atoms with E-state index in [2.05, 4.69) is 39.8 Å². The van der Waals surface area contributed by atoms with Crippen LogP contribution >= 0.6 is 23.2 Å². The number of hydrogen-bond donors (Lipinski definition) is 0. The molecule has 0 atom stereocenters. The first-order valence-electron chi connectivity index (χ1n) is 24.1. The summed E-state index contributed by atoms with van der Waals surface area (Å²) in [5, 5.41) is 1.61. The molecule has 0 fully saturated rings. The molecule has 69 heavy (non-hydrogen) atoms. The molecule has 0 saturated carbocycles. The zero-order chi connectivity index (χ0) is 52.3. The minimum Gasteiger partial charge on any atom is -0.486 e. The van der Waals surface area contributed by atoms with Gasteiger partial charge in [-0.3, -0.25) is 0 Å². The molecule has 2 nitrogen and oxygen atoms in total. The van der Waals surface area contributed by atoms with E-state index in [0.29, 0.717) is 35.8 Å². The quantitative estimate of drug-likeness (QED) is 0.155. The SMILES string of the molecule is CC(C)c1ccc2c(c1Cl)OCCO2.Cc1ccc(C(C)C)c(F)c1.Cc1ccc(F)c(C(C)C)c1.Cc1cccc(C(C)C)c1Cl.Cc1cccc(C(C)C)c1F.Cc1cccc(F)c1C(C)C. The number of aryl methyl sites for hydroxylation is 5. The highest BCUT2D eigenvalue weighted by Crippen LogP contribution is 2.41. The van der Waals surface area contributed by atoms with Crippen molar-refractivity contribution in [2.24, 2.45) is 0 Å². The summed E-state index contributed by atoms with van der Waals surface area (Å²) in [6.45, 7) is 35.3. The smallest absolute Gasteiger partial charge is 0.180 e. The lowest BCUT2D eigenvalue weighted by molar-refractivity contribution is 0.171. The Balaban J connectivity index is 0.000000285. The highest BCUT2D eigenvalue weighted by atomic mass is 35.5. The Labute approximate surface area is 423 Å². The molecule has 6 aromatic rings. The number of benzene rings is 6. The highest BCUT2D eigenvalue weighted by Gasteiger charge is 2.19. The summed E-state index contributed by atoms with van der Waals surface area (Å²) < 4.78 is 63.4. The average Bonchev–Trinajstić information content (AvgIpc) is 3.27. The van der Waals surface area contributed by atoms with Gasteiger partial charge >= 0.3 is 0 Å². The van der Waals surface area contributed by atoms with Crippen molar-refractivity contribution in [3.63, 3.8) is 0 Å². The number of fused-ring (bicyclic) bond motifs is 1.